The molecule has 142 valence electrons. The second-order valence-corrected chi connectivity index (χ2v) is 8.75. The van der Waals surface area contributed by atoms with E-state index < -0.39 is 11.8 Å². The first-order chi connectivity index (χ1) is 13.5. The van der Waals surface area contributed by atoms with Crippen molar-refractivity contribution in [3.8, 4) is 0 Å². The van der Waals surface area contributed by atoms with Gasteiger partial charge in [0.2, 0.25) is 0 Å². The minimum absolute atomic E-state index is 0.370. The molecule has 0 saturated carbocycles. The summed E-state index contributed by atoms with van der Waals surface area (Å²) in [6.07, 6.45) is 3.02. The van der Waals surface area contributed by atoms with Crippen LogP contribution in [0.2, 0.25) is 8.67 Å². The highest BCUT2D eigenvalue weighted by Gasteiger charge is 2.08. The Hall–Kier alpha value is -2.52. The molecule has 0 aliphatic heterocycles. The fourth-order valence-electron chi connectivity index (χ4n) is 2.01. The normalized spacial score (nSPS) is 11.2. The van der Waals surface area contributed by atoms with Crippen molar-refractivity contribution >= 4 is 70.1 Å². The van der Waals surface area contributed by atoms with Crippen molar-refractivity contribution in [2.75, 3.05) is 0 Å². The number of thiophene rings is 2. The number of hydrogen-bond donors (Lipinski definition) is 2. The average molecular weight is 451 g/mol. The summed E-state index contributed by atoms with van der Waals surface area (Å²) in [6, 6.07) is 13.2. The lowest BCUT2D eigenvalue weighted by Gasteiger charge is -2.02. The lowest BCUT2D eigenvalue weighted by molar-refractivity contribution is 0.0943. The van der Waals surface area contributed by atoms with E-state index in [1.54, 1.807) is 24.3 Å². The molecule has 0 saturated heterocycles. The van der Waals surface area contributed by atoms with E-state index in [-0.39, 0.29) is 0 Å². The zero-order valence-corrected chi connectivity index (χ0v) is 17.2. The van der Waals surface area contributed by atoms with Crippen LogP contribution in [0.3, 0.4) is 0 Å². The molecule has 0 radical (unpaired) electrons. The van der Waals surface area contributed by atoms with Crippen LogP contribution in [0.1, 0.15) is 30.5 Å². The van der Waals surface area contributed by atoms with Crippen molar-refractivity contribution in [1.29, 1.82) is 0 Å². The van der Waals surface area contributed by atoms with Crippen molar-refractivity contribution in [3.05, 3.63) is 78.1 Å². The molecule has 3 aromatic rings. The number of hydrazone groups is 2. The quantitative estimate of drug-likeness (QED) is 0.423. The molecule has 2 amide bonds. The number of nitrogens with one attached hydrogen (secondary N) is 2. The first-order valence-electron chi connectivity index (χ1n) is 7.79. The van der Waals surface area contributed by atoms with Gasteiger partial charge in [-0.25, -0.2) is 10.9 Å². The molecule has 0 aliphatic carbocycles. The maximum absolute atomic E-state index is 12.1. The van der Waals surface area contributed by atoms with Crippen LogP contribution < -0.4 is 10.9 Å². The van der Waals surface area contributed by atoms with Crippen LogP contribution in [-0.4, -0.2) is 24.2 Å². The van der Waals surface area contributed by atoms with Crippen molar-refractivity contribution in [2.45, 2.75) is 0 Å². The summed E-state index contributed by atoms with van der Waals surface area (Å²) in [6.45, 7) is 0. The van der Waals surface area contributed by atoms with Gasteiger partial charge in [0.15, 0.2) is 0 Å². The smallest absolute Gasteiger partial charge is 0.267 e. The zero-order chi connectivity index (χ0) is 19.9. The molecule has 2 aromatic heterocycles. The maximum atomic E-state index is 12.1. The van der Waals surface area contributed by atoms with Crippen LogP contribution in [0.25, 0.3) is 0 Å². The number of benzene rings is 1. The number of rotatable bonds is 6. The Kier molecular flexibility index (Phi) is 6.94. The van der Waals surface area contributed by atoms with Crippen molar-refractivity contribution in [3.63, 3.8) is 0 Å². The van der Waals surface area contributed by atoms with E-state index in [9.17, 15) is 9.59 Å². The fraction of sp³-hybridized carbons (Fsp3) is 0. The predicted molar refractivity (Wildman–Crippen MR) is 115 cm³/mol. The molecule has 28 heavy (non-hydrogen) atoms. The lowest BCUT2D eigenvalue weighted by atomic mass is 10.1. The molecule has 0 unspecified atom stereocenters. The second-order valence-electron chi connectivity index (χ2n) is 5.26. The monoisotopic (exact) mass is 450 g/mol. The Morgan fingerprint density at radius 1 is 0.714 bits per heavy atom. The number of amides is 2. The molecule has 3 rings (SSSR count). The molecule has 0 aliphatic rings. The third-order valence-electron chi connectivity index (χ3n) is 3.31. The van der Waals surface area contributed by atoms with Crippen LogP contribution in [0.5, 0.6) is 0 Å². The Balaban J connectivity index is 1.53. The van der Waals surface area contributed by atoms with Crippen LogP contribution in [0.15, 0.2) is 58.7 Å². The van der Waals surface area contributed by atoms with Crippen LogP contribution in [0, 0.1) is 0 Å². The summed E-state index contributed by atoms with van der Waals surface area (Å²) in [4.78, 5) is 25.8. The number of carbonyl (C=O) groups is 2. The van der Waals surface area contributed by atoms with Gasteiger partial charge in [-0.1, -0.05) is 23.2 Å². The lowest BCUT2D eigenvalue weighted by Crippen LogP contribution is -2.19. The van der Waals surface area contributed by atoms with Gasteiger partial charge in [0.1, 0.15) is 0 Å². The largest absolute Gasteiger partial charge is 0.271 e. The summed E-state index contributed by atoms with van der Waals surface area (Å²) in [5.74, 6) is -0.781. The van der Waals surface area contributed by atoms with Gasteiger partial charge in [0.25, 0.3) is 11.8 Å². The number of nitrogens with zero attached hydrogens (tertiary/aromatic N) is 2. The molecule has 0 atom stereocenters. The van der Waals surface area contributed by atoms with E-state index in [1.165, 1.54) is 59.4 Å². The molecule has 2 heterocycles. The summed E-state index contributed by atoms with van der Waals surface area (Å²) >= 11 is 14.3. The third kappa shape index (κ3) is 5.74. The summed E-state index contributed by atoms with van der Waals surface area (Å²) < 4.78 is 1.29. The minimum Gasteiger partial charge on any atom is -0.267 e. The van der Waals surface area contributed by atoms with E-state index in [2.05, 4.69) is 21.1 Å². The van der Waals surface area contributed by atoms with Gasteiger partial charge in [-0.3, -0.25) is 9.59 Å². The molecular weight excluding hydrogens is 439 g/mol. The molecule has 0 bridgehead atoms. The van der Waals surface area contributed by atoms with Crippen LogP contribution in [0.4, 0.5) is 0 Å². The zero-order valence-electron chi connectivity index (χ0n) is 14.1. The Morgan fingerprint density at radius 3 is 1.43 bits per heavy atom. The number of carbonyl (C=O) groups excluding carboxylic acids is 2. The Labute approximate surface area is 178 Å². The highest BCUT2D eigenvalue weighted by atomic mass is 35.5. The van der Waals surface area contributed by atoms with E-state index in [4.69, 9.17) is 23.2 Å². The highest BCUT2D eigenvalue weighted by molar-refractivity contribution is 7.18. The SMILES string of the molecule is O=C(NN=Cc1ccc(Cl)s1)c1ccc(C(=O)NN=Cc2ccc(Cl)s2)cc1. The van der Waals surface area contributed by atoms with Crippen molar-refractivity contribution in [1.82, 2.24) is 10.9 Å². The molecule has 0 fully saturated rings. The minimum atomic E-state index is -0.390. The van der Waals surface area contributed by atoms with Gasteiger partial charge >= 0.3 is 0 Å². The summed E-state index contributed by atoms with van der Waals surface area (Å²) in [5.41, 5.74) is 5.58. The van der Waals surface area contributed by atoms with E-state index in [0.29, 0.717) is 19.8 Å². The van der Waals surface area contributed by atoms with E-state index in [1.807, 2.05) is 0 Å². The van der Waals surface area contributed by atoms with Crippen LogP contribution in [-0.2, 0) is 0 Å². The first kappa shape index (κ1) is 20.2. The van der Waals surface area contributed by atoms with Gasteiger partial charge in [0.05, 0.1) is 21.1 Å². The molecule has 2 N–H and O–H groups in total. The first-order valence-corrected chi connectivity index (χ1v) is 10.2. The second kappa shape index (κ2) is 9.61. The molecule has 6 nitrogen and oxygen atoms in total. The Morgan fingerprint density at radius 2 is 1.11 bits per heavy atom. The topological polar surface area (TPSA) is 82.9 Å². The maximum Gasteiger partial charge on any atom is 0.271 e. The molecule has 1 aromatic carbocycles. The van der Waals surface area contributed by atoms with Gasteiger partial charge in [-0.2, -0.15) is 10.2 Å². The van der Waals surface area contributed by atoms with E-state index in [0.717, 1.165) is 9.75 Å². The van der Waals surface area contributed by atoms with E-state index >= 15 is 0 Å². The molecule has 10 heteroatoms. The third-order valence-corrected chi connectivity index (χ3v) is 5.64. The van der Waals surface area contributed by atoms with Crippen LogP contribution >= 0.6 is 45.9 Å². The van der Waals surface area contributed by atoms with Gasteiger partial charge < -0.3 is 0 Å². The number of hydrogen-bond acceptors (Lipinski definition) is 6. The van der Waals surface area contributed by atoms with Crippen molar-refractivity contribution in [2.24, 2.45) is 10.2 Å². The average Bonchev–Trinajstić information content (AvgIpc) is 3.29. The summed E-state index contributed by atoms with van der Waals surface area (Å²) in [5, 5.41) is 7.76. The van der Waals surface area contributed by atoms with Gasteiger partial charge in [-0.15, -0.1) is 22.7 Å². The summed E-state index contributed by atoms with van der Waals surface area (Å²) in [7, 11) is 0. The van der Waals surface area contributed by atoms with Gasteiger partial charge in [0, 0.05) is 20.9 Å². The Bertz CT molecular complexity index is 959. The molecule has 0 spiro atoms. The highest BCUT2D eigenvalue weighted by Crippen LogP contribution is 2.20. The number of halogens is 2. The van der Waals surface area contributed by atoms with Crippen molar-refractivity contribution < 1.29 is 9.59 Å². The fourth-order valence-corrected chi connectivity index (χ4v) is 3.87. The molecular formula is C18H12Cl2N4O2S2. The predicted octanol–water partition coefficient (Wildman–Crippen LogP) is 4.64. The standard InChI is InChI=1S/C18H12Cl2N4O2S2/c19-15-7-5-13(27-15)9-21-23-17(25)11-1-2-12(4-3-11)18(26)24-22-10-14-6-8-16(20)28-14/h1-10H,(H,23,25)(H,24,26). The van der Waals surface area contributed by atoms with Gasteiger partial charge in [-0.05, 0) is 48.5 Å².